The van der Waals surface area contributed by atoms with Crippen LogP contribution in [0, 0.1) is 17.8 Å². The van der Waals surface area contributed by atoms with Gasteiger partial charge in [0.2, 0.25) is 11.8 Å². The molecule has 0 aromatic heterocycles. The maximum atomic E-state index is 12.1. The summed E-state index contributed by atoms with van der Waals surface area (Å²) < 4.78 is 0. The number of likely N-dealkylation sites (tertiary alicyclic amines) is 1. The molecule has 1 saturated heterocycles. The van der Waals surface area contributed by atoms with Gasteiger partial charge in [-0.05, 0) is 25.2 Å². The fourth-order valence-corrected chi connectivity index (χ4v) is 3.06. The van der Waals surface area contributed by atoms with E-state index in [-0.39, 0.29) is 36.3 Å². The van der Waals surface area contributed by atoms with Crippen molar-refractivity contribution in [2.45, 2.75) is 39.2 Å². The molecular formula is C12H19NO3. The number of nitrogens with zero attached hydrogens (tertiary/aromatic N) is 1. The maximum absolute atomic E-state index is 12.1. The highest BCUT2D eigenvalue weighted by molar-refractivity contribution is 6.05. The second-order valence-corrected chi connectivity index (χ2v) is 5.08. The fourth-order valence-electron chi connectivity index (χ4n) is 3.06. The van der Waals surface area contributed by atoms with E-state index in [0.717, 1.165) is 12.8 Å². The van der Waals surface area contributed by atoms with E-state index in [4.69, 9.17) is 0 Å². The lowest BCUT2D eigenvalue weighted by Gasteiger charge is -2.24. The Kier molecular flexibility index (Phi) is 3.02. The summed E-state index contributed by atoms with van der Waals surface area (Å²) in [4.78, 5) is 25.5. The highest BCUT2D eigenvalue weighted by Crippen LogP contribution is 2.43. The van der Waals surface area contributed by atoms with Gasteiger partial charge in [0.25, 0.3) is 0 Å². The van der Waals surface area contributed by atoms with E-state index in [0.29, 0.717) is 12.3 Å². The molecule has 90 valence electrons. The molecule has 0 bridgehead atoms. The van der Waals surface area contributed by atoms with Gasteiger partial charge in [0, 0.05) is 0 Å². The predicted molar refractivity (Wildman–Crippen MR) is 58.4 cm³/mol. The molecule has 1 aliphatic carbocycles. The number of rotatable bonds is 3. The van der Waals surface area contributed by atoms with Crippen LogP contribution < -0.4 is 0 Å². The average molecular weight is 225 g/mol. The molecule has 2 aliphatic rings. The van der Waals surface area contributed by atoms with Crippen molar-refractivity contribution >= 4 is 11.8 Å². The number of hydrogen-bond donors (Lipinski definition) is 1. The van der Waals surface area contributed by atoms with E-state index >= 15 is 0 Å². The Morgan fingerprint density at radius 1 is 1.31 bits per heavy atom. The number of carbonyl (C=O) groups excluding carboxylic acids is 2. The van der Waals surface area contributed by atoms with Crippen LogP contribution in [-0.4, -0.2) is 34.5 Å². The summed E-state index contributed by atoms with van der Waals surface area (Å²) in [6, 6.07) is -0.319. The molecule has 2 amide bonds. The van der Waals surface area contributed by atoms with Gasteiger partial charge in [0.15, 0.2) is 0 Å². The standard InChI is InChI=1S/C12H19NO3/c1-3-8(6-14)13-11(15)9-4-7(2)5-10(9)12(13)16/h7-10,14H,3-6H2,1-2H3. The van der Waals surface area contributed by atoms with Crippen molar-refractivity contribution in [3.05, 3.63) is 0 Å². The van der Waals surface area contributed by atoms with Gasteiger partial charge in [-0.3, -0.25) is 14.5 Å². The number of carbonyl (C=O) groups is 2. The topological polar surface area (TPSA) is 57.6 Å². The van der Waals surface area contributed by atoms with Crippen LogP contribution in [0.15, 0.2) is 0 Å². The number of fused-ring (bicyclic) bond motifs is 1. The number of hydrogen-bond acceptors (Lipinski definition) is 3. The van der Waals surface area contributed by atoms with Crippen LogP contribution in [0.5, 0.6) is 0 Å². The third-order valence-electron chi connectivity index (χ3n) is 3.95. The molecule has 16 heavy (non-hydrogen) atoms. The Balaban J connectivity index is 2.20. The molecule has 4 nitrogen and oxygen atoms in total. The molecule has 0 radical (unpaired) electrons. The zero-order chi connectivity index (χ0) is 11.9. The van der Waals surface area contributed by atoms with E-state index in [1.54, 1.807) is 0 Å². The quantitative estimate of drug-likeness (QED) is 0.722. The Bertz CT molecular complexity index is 287. The van der Waals surface area contributed by atoms with Crippen molar-refractivity contribution in [3.63, 3.8) is 0 Å². The molecule has 0 spiro atoms. The molecule has 2 fully saturated rings. The number of aliphatic hydroxyl groups is 1. The molecule has 4 heteroatoms. The lowest BCUT2D eigenvalue weighted by atomic mass is 10.00. The zero-order valence-corrected chi connectivity index (χ0v) is 9.85. The van der Waals surface area contributed by atoms with Gasteiger partial charge >= 0.3 is 0 Å². The van der Waals surface area contributed by atoms with Gasteiger partial charge in [0.05, 0.1) is 24.5 Å². The molecule has 1 heterocycles. The van der Waals surface area contributed by atoms with E-state index in [9.17, 15) is 14.7 Å². The first-order valence-corrected chi connectivity index (χ1v) is 6.07. The molecular weight excluding hydrogens is 206 g/mol. The van der Waals surface area contributed by atoms with Crippen LogP contribution in [0.3, 0.4) is 0 Å². The summed E-state index contributed by atoms with van der Waals surface area (Å²) in [6.07, 6.45) is 2.28. The van der Waals surface area contributed by atoms with Crippen LogP contribution in [0.2, 0.25) is 0 Å². The highest BCUT2D eigenvalue weighted by Gasteiger charge is 2.53. The molecule has 3 unspecified atom stereocenters. The molecule has 0 aromatic carbocycles. The van der Waals surface area contributed by atoms with Crippen LogP contribution in [0.25, 0.3) is 0 Å². The summed E-state index contributed by atoms with van der Waals surface area (Å²) in [5.74, 6) is 0.144. The summed E-state index contributed by atoms with van der Waals surface area (Å²) in [5, 5.41) is 9.19. The first-order chi connectivity index (χ1) is 7.60. The van der Waals surface area contributed by atoms with Gasteiger partial charge in [-0.25, -0.2) is 0 Å². The van der Waals surface area contributed by atoms with Crippen molar-refractivity contribution in [2.75, 3.05) is 6.61 Å². The van der Waals surface area contributed by atoms with E-state index < -0.39 is 0 Å². The monoisotopic (exact) mass is 225 g/mol. The molecule has 1 N–H and O–H groups in total. The number of aliphatic hydroxyl groups excluding tert-OH is 1. The van der Waals surface area contributed by atoms with Gasteiger partial charge in [0.1, 0.15) is 0 Å². The summed E-state index contributed by atoms with van der Waals surface area (Å²) in [6.45, 7) is 3.85. The van der Waals surface area contributed by atoms with E-state index in [1.807, 2.05) is 6.92 Å². The number of amides is 2. The molecule has 1 aliphatic heterocycles. The minimum absolute atomic E-state index is 0.0553. The van der Waals surface area contributed by atoms with Gasteiger partial charge in [-0.2, -0.15) is 0 Å². The van der Waals surface area contributed by atoms with Crippen molar-refractivity contribution in [2.24, 2.45) is 17.8 Å². The van der Waals surface area contributed by atoms with E-state index in [1.165, 1.54) is 4.90 Å². The lowest BCUT2D eigenvalue weighted by Crippen LogP contribution is -2.43. The van der Waals surface area contributed by atoms with Crippen LogP contribution >= 0.6 is 0 Å². The van der Waals surface area contributed by atoms with Gasteiger partial charge in [-0.1, -0.05) is 13.8 Å². The normalized spacial score (nSPS) is 35.7. The maximum Gasteiger partial charge on any atom is 0.233 e. The molecule has 0 aromatic rings. The zero-order valence-electron chi connectivity index (χ0n) is 9.85. The van der Waals surface area contributed by atoms with Crippen molar-refractivity contribution in [1.29, 1.82) is 0 Å². The SMILES string of the molecule is CCC(CO)N1C(=O)C2CC(C)CC2C1=O. The first-order valence-electron chi connectivity index (χ1n) is 6.07. The largest absolute Gasteiger partial charge is 0.394 e. The summed E-state index contributed by atoms with van der Waals surface area (Å²) in [7, 11) is 0. The van der Waals surface area contributed by atoms with Crippen molar-refractivity contribution in [1.82, 2.24) is 4.90 Å². The third-order valence-corrected chi connectivity index (χ3v) is 3.95. The highest BCUT2D eigenvalue weighted by atomic mass is 16.3. The Hall–Kier alpha value is -0.900. The Morgan fingerprint density at radius 3 is 2.19 bits per heavy atom. The van der Waals surface area contributed by atoms with Crippen LogP contribution in [-0.2, 0) is 9.59 Å². The lowest BCUT2D eigenvalue weighted by molar-refractivity contribution is -0.144. The predicted octanol–water partition coefficient (Wildman–Crippen LogP) is 0.788. The fraction of sp³-hybridized carbons (Fsp3) is 0.833. The second kappa shape index (κ2) is 4.17. The number of imide groups is 1. The molecule has 3 atom stereocenters. The van der Waals surface area contributed by atoms with Crippen molar-refractivity contribution in [3.8, 4) is 0 Å². The Morgan fingerprint density at radius 2 is 1.81 bits per heavy atom. The smallest absolute Gasteiger partial charge is 0.233 e. The molecule has 1 saturated carbocycles. The summed E-state index contributed by atoms with van der Waals surface area (Å²) >= 11 is 0. The summed E-state index contributed by atoms with van der Waals surface area (Å²) in [5.41, 5.74) is 0. The van der Waals surface area contributed by atoms with Crippen molar-refractivity contribution < 1.29 is 14.7 Å². The minimum atomic E-state index is -0.319. The van der Waals surface area contributed by atoms with Gasteiger partial charge < -0.3 is 5.11 Å². The Labute approximate surface area is 95.6 Å². The van der Waals surface area contributed by atoms with Crippen LogP contribution in [0.4, 0.5) is 0 Å². The van der Waals surface area contributed by atoms with Gasteiger partial charge in [-0.15, -0.1) is 0 Å². The first kappa shape index (κ1) is 11.6. The van der Waals surface area contributed by atoms with E-state index in [2.05, 4.69) is 6.92 Å². The average Bonchev–Trinajstić information content (AvgIpc) is 2.74. The molecule has 2 rings (SSSR count). The minimum Gasteiger partial charge on any atom is -0.394 e. The second-order valence-electron chi connectivity index (χ2n) is 5.08. The van der Waals surface area contributed by atoms with Crippen LogP contribution in [0.1, 0.15) is 33.1 Å². The third kappa shape index (κ3) is 1.56.